The highest BCUT2D eigenvalue weighted by Gasteiger charge is 2.11. The highest BCUT2D eigenvalue weighted by Crippen LogP contribution is 2.29. The molecule has 0 unspecified atom stereocenters. The first-order valence-corrected chi connectivity index (χ1v) is 13.7. The minimum absolute atomic E-state index is 0.187. The van der Waals surface area contributed by atoms with Gasteiger partial charge in [-0.05, 0) is 98.8 Å². The van der Waals surface area contributed by atoms with Gasteiger partial charge in [-0.15, -0.1) is 0 Å². The Morgan fingerprint density at radius 2 is 1.70 bits per heavy atom. The van der Waals surface area contributed by atoms with Crippen LogP contribution in [0.15, 0.2) is 73.4 Å². The summed E-state index contributed by atoms with van der Waals surface area (Å²) in [5.74, 6) is 1.45. The minimum Gasteiger partial charge on any atom is -0.487 e. The summed E-state index contributed by atoms with van der Waals surface area (Å²) in [7, 11) is 0. The molecule has 3 aromatic carbocycles. The summed E-state index contributed by atoms with van der Waals surface area (Å²) in [6.45, 7) is 2.45. The molecule has 0 bridgehead atoms. The summed E-state index contributed by atoms with van der Waals surface area (Å²) in [4.78, 5) is 17.7. The molecule has 0 aliphatic carbocycles. The van der Waals surface area contributed by atoms with E-state index in [9.17, 15) is 4.79 Å². The lowest BCUT2D eigenvalue weighted by molar-refractivity contribution is 0.301. The maximum Gasteiger partial charge on any atom is 0.282 e. The van der Waals surface area contributed by atoms with Gasteiger partial charge in [0.1, 0.15) is 18.2 Å². The van der Waals surface area contributed by atoms with Crippen molar-refractivity contribution in [3.8, 4) is 5.75 Å². The third-order valence-corrected chi connectivity index (χ3v) is 7.46. The average Bonchev–Trinajstić information content (AvgIpc) is 2.79. The van der Waals surface area contributed by atoms with Gasteiger partial charge in [0.05, 0.1) is 24.3 Å². The van der Waals surface area contributed by atoms with E-state index in [2.05, 4.69) is 87.1 Å². The van der Waals surface area contributed by atoms with E-state index in [-0.39, 0.29) is 5.56 Å². The third kappa shape index (κ3) is 5.85. The molecule has 33 heavy (non-hydrogen) atoms. The molecule has 0 aliphatic heterocycles. The summed E-state index contributed by atoms with van der Waals surface area (Å²) in [6.07, 6.45) is 2.28. The van der Waals surface area contributed by atoms with Crippen molar-refractivity contribution >= 4 is 94.2 Å². The zero-order chi connectivity index (χ0) is 23.5. The standard InChI is InChI=1S/C24H17Br2I2N3O2/c1-2-22-30-21-8-7-17(26)11-18(21)24(32)31(22)29-12-15-9-19(27)23(20(28)10-15)33-13-14-3-5-16(25)6-4-14/h3-12H,2,13H2,1H3. The molecular formula is C24H17Br2I2N3O2. The van der Waals surface area contributed by atoms with E-state index in [1.165, 1.54) is 4.68 Å². The molecular weight excluding hydrogens is 776 g/mol. The van der Waals surface area contributed by atoms with Gasteiger partial charge in [-0.3, -0.25) is 4.79 Å². The number of ether oxygens (including phenoxy) is 1. The molecule has 4 aromatic rings. The number of aryl methyl sites for hydroxylation is 1. The molecule has 1 aromatic heterocycles. The molecule has 168 valence electrons. The Morgan fingerprint density at radius 1 is 1.03 bits per heavy atom. The molecule has 0 saturated carbocycles. The molecule has 1 heterocycles. The fraction of sp³-hybridized carbons (Fsp3) is 0.125. The van der Waals surface area contributed by atoms with Crippen LogP contribution in [0.5, 0.6) is 5.75 Å². The SMILES string of the molecule is CCc1nc2ccc(Br)cc2c(=O)n1N=Cc1cc(I)c(OCc2ccc(Br)cc2)c(I)c1. The molecule has 9 heteroatoms. The molecule has 0 amide bonds. The van der Waals surface area contributed by atoms with Crippen LogP contribution in [0.2, 0.25) is 0 Å². The minimum atomic E-state index is -0.187. The normalized spacial score (nSPS) is 11.4. The van der Waals surface area contributed by atoms with E-state index >= 15 is 0 Å². The van der Waals surface area contributed by atoms with Gasteiger partial charge in [-0.25, -0.2) is 4.98 Å². The van der Waals surface area contributed by atoms with Crippen LogP contribution in [0.4, 0.5) is 0 Å². The summed E-state index contributed by atoms with van der Waals surface area (Å²) in [5, 5.41) is 5.02. The van der Waals surface area contributed by atoms with Crippen LogP contribution in [-0.2, 0) is 13.0 Å². The zero-order valence-corrected chi connectivity index (χ0v) is 24.8. The van der Waals surface area contributed by atoms with Crippen LogP contribution >= 0.6 is 77.0 Å². The van der Waals surface area contributed by atoms with E-state index in [4.69, 9.17) is 4.74 Å². The highest BCUT2D eigenvalue weighted by atomic mass is 127. The maximum atomic E-state index is 13.1. The van der Waals surface area contributed by atoms with Crippen molar-refractivity contribution in [1.29, 1.82) is 0 Å². The average molecular weight is 793 g/mol. The predicted octanol–water partition coefficient (Wildman–Crippen LogP) is 7.15. The summed E-state index contributed by atoms with van der Waals surface area (Å²) < 4.78 is 11.3. The highest BCUT2D eigenvalue weighted by molar-refractivity contribution is 14.1. The summed E-state index contributed by atoms with van der Waals surface area (Å²) in [6, 6.07) is 17.5. The molecule has 0 spiro atoms. The number of fused-ring (bicyclic) bond motifs is 1. The first-order valence-electron chi connectivity index (χ1n) is 9.97. The van der Waals surface area contributed by atoms with Crippen LogP contribution in [0.25, 0.3) is 10.9 Å². The maximum absolute atomic E-state index is 13.1. The monoisotopic (exact) mass is 791 g/mol. The lowest BCUT2D eigenvalue weighted by Crippen LogP contribution is -2.22. The lowest BCUT2D eigenvalue weighted by atomic mass is 10.2. The van der Waals surface area contributed by atoms with Crippen LogP contribution in [0.1, 0.15) is 23.9 Å². The van der Waals surface area contributed by atoms with E-state index in [1.807, 2.05) is 55.5 Å². The Bertz CT molecular complexity index is 1400. The van der Waals surface area contributed by atoms with Gasteiger partial charge in [-0.1, -0.05) is 50.9 Å². The quantitative estimate of drug-likeness (QED) is 0.154. The molecule has 0 saturated heterocycles. The number of aromatic nitrogens is 2. The Kier molecular flexibility index (Phi) is 8.24. The lowest BCUT2D eigenvalue weighted by Gasteiger charge is -2.12. The number of halogens is 4. The number of benzene rings is 3. The van der Waals surface area contributed by atoms with Crippen molar-refractivity contribution < 1.29 is 4.74 Å². The zero-order valence-electron chi connectivity index (χ0n) is 17.4. The molecule has 0 fully saturated rings. The Labute approximate surface area is 235 Å². The van der Waals surface area contributed by atoms with E-state index in [0.29, 0.717) is 29.8 Å². The smallest absolute Gasteiger partial charge is 0.282 e. The third-order valence-electron chi connectivity index (χ3n) is 4.83. The van der Waals surface area contributed by atoms with Gasteiger partial charge in [0.15, 0.2) is 0 Å². The fourth-order valence-electron chi connectivity index (χ4n) is 3.20. The van der Waals surface area contributed by atoms with Gasteiger partial charge < -0.3 is 4.74 Å². The van der Waals surface area contributed by atoms with Crippen molar-refractivity contribution in [2.24, 2.45) is 5.10 Å². The van der Waals surface area contributed by atoms with Gasteiger partial charge >= 0.3 is 0 Å². The molecule has 5 nitrogen and oxygen atoms in total. The number of nitrogens with zero attached hydrogens (tertiary/aromatic N) is 3. The van der Waals surface area contributed by atoms with Crippen LogP contribution < -0.4 is 10.3 Å². The first-order chi connectivity index (χ1) is 15.9. The second-order valence-corrected chi connectivity index (χ2v) is 11.3. The second kappa shape index (κ2) is 11.0. The Hall–Kier alpha value is -1.31. The van der Waals surface area contributed by atoms with E-state index in [1.54, 1.807) is 12.3 Å². The summed E-state index contributed by atoms with van der Waals surface area (Å²) >= 11 is 11.4. The van der Waals surface area contributed by atoms with Crippen molar-refractivity contribution in [3.63, 3.8) is 0 Å². The summed E-state index contributed by atoms with van der Waals surface area (Å²) in [5.41, 5.74) is 2.46. The van der Waals surface area contributed by atoms with Gasteiger partial charge in [0, 0.05) is 15.4 Å². The van der Waals surface area contributed by atoms with Crippen molar-refractivity contribution in [1.82, 2.24) is 9.66 Å². The molecule has 0 aliphatic rings. The number of hydrogen-bond donors (Lipinski definition) is 0. The van der Waals surface area contributed by atoms with E-state index < -0.39 is 0 Å². The Morgan fingerprint density at radius 3 is 2.36 bits per heavy atom. The fourth-order valence-corrected chi connectivity index (χ4v) is 5.95. The van der Waals surface area contributed by atoms with Crippen LogP contribution in [0.3, 0.4) is 0 Å². The molecule has 0 N–H and O–H groups in total. The van der Waals surface area contributed by atoms with Gasteiger partial charge in [-0.2, -0.15) is 9.78 Å². The largest absolute Gasteiger partial charge is 0.487 e. The van der Waals surface area contributed by atoms with E-state index in [0.717, 1.165) is 33.0 Å². The topological polar surface area (TPSA) is 56.5 Å². The number of rotatable bonds is 6. The van der Waals surface area contributed by atoms with Crippen LogP contribution in [-0.4, -0.2) is 15.9 Å². The molecule has 0 radical (unpaired) electrons. The number of hydrogen-bond acceptors (Lipinski definition) is 4. The van der Waals surface area contributed by atoms with Crippen LogP contribution in [0, 0.1) is 7.14 Å². The second-order valence-electron chi connectivity index (χ2n) is 7.13. The van der Waals surface area contributed by atoms with Crippen molar-refractivity contribution in [3.05, 3.63) is 98.0 Å². The van der Waals surface area contributed by atoms with Gasteiger partial charge in [0.25, 0.3) is 5.56 Å². The van der Waals surface area contributed by atoms with Crippen molar-refractivity contribution in [2.75, 3.05) is 0 Å². The predicted molar refractivity (Wildman–Crippen MR) is 156 cm³/mol. The van der Waals surface area contributed by atoms with Crippen molar-refractivity contribution in [2.45, 2.75) is 20.0 Å². The Balaban J connectivity index is 1.62. The molecule has 0 atom stereocenters. The molecule has 4 rings (SSSR count). The first kappa shape index (κ1) is 24.8. The van der Waals surface area contributed by atoms with Gasteiger partial charge in [0.2, 0.25) is 0 Å².